The van der Waals surface area contributed by atoms with E-state index in [-0.39, 0.29) is 23.2 Å². The molecule has 0 atom stereocenters. The molecule has 1 aromatic carbocycles. The second kappa shape index (κ2) is 5.80. The molecule has 20 heavy (non-hydrogen) atoms. The van der Waals surface area contributed by atoms with Crippen LogP contribution in [0.4, 0.5) is 11.6 Å². The Morgan fingerprint density at radius 1 is 1.35 bits per heavy atom. The molecule has 104 valence electrons. The van der Waals surface area contributed by atoms with Crippen LogP contribution in [0.3, 0.4) is 0 Å². The van der Waals surface area contributed by atoms with Gasteiger partial charge < -0.3 is 4.74 Å². The summed E-state index contributed by atoms with van der Waals surface area (Å²) in [5.74, 6) is 5.51. The maximum absolute atomic E-state index is 11.1. The van der Waals surface area contributed by atoms with Gasteiger partial charge >= 0.3 is 11.6 Å². The van der Waals surface area contributed by atoms with Crippen LogP contribution in [0.5, 0.6) is 11.6 Å². The second-order valence-electron chi connectivity index (χ2n) is 3.74. The van der Waals surface area contributed by atoms with Gasteiger partial charge in [-0.2, -0.15) is 4.98 Å². The fourth-order valence-corrected chi connectivity index (χ4v) is 1.77. The molecule has 0 saturated heterocycles. The molecular weight excluding hydrogens is 330 g/mol. The van der Waals surface area contributed by atoms with Gasteiger partial charge in [-0.3, -0.25) is 15.5 Å². The molecule has 1 aromatic heterocycles. The lowest BCUT2D eigenvalue weighted by atomic mass is 10.3. The van der Waals surface area contributed by atoms with Gasteiger partial charge in [0.15, 0.2) is 0 Å². The van der Waals surface area contributed by atoms with Crippen molar-refractivity contribution < 1.29 is 9.66 Å². The molecule has 3 N–H and O–H groups in total. The van der Waals surface area contributed by atoms with E-state index in [4.69, 9.17) is 10.6 Å². The van der Waals surface area contributed by atoms with E-state index >= 15 is 0 Å². The zero-order valence-electron chi connectivity index (χ0n) is 10.3. The molecule has 1 heterocycles. The van der Waals surface area contributed by atoms with Crippen LogP contribution in [0.1, 0.15) is 5.69 Å². The highest BCUT2D eigenvalue weighted by Gasteiger charge is 2.24. The highest BCUT2D eigenvalue weighted by Crippen LogP contribution is 2.32. The summed E-state index contributed by atoms with van der Waals surface area (Å²) in [4.78, 5) is 18.2. The molecule has 8 nitrogen and oxygen atoms in total. The van der Waals surface area contributed by atoms with Gasteiger partial charge in [0.05, 0.1) is 4.92 Å². The lowest BCUT2D eigenvalue weighted by Crippen LogP contribution is -2.12. The van der Waals surface area contributed by atoms with Crippen LogP contribution < -0.4 is 16.0 Å². The molecule has 0 aliphatic rings. The van der Waals surface area contributed by atoms with E-state index in [1.54, 1.807) is 24.3 Å². The fourth-order valence-electron chi connectivity index (χ4n) is 1.50. The van der Waals surface area contributed by atoms with Crippen LogP contribution in [-0.2, 0) is 0 Å². The predicted octanol–water partition coefficient (Wildman–Crippen LogP) is 2.53. The molecule has 0 aliphatic carbocycles. The van der Waals surface area contributed by atoms with E-state index in [1.807, 2.05) is 0 Å². The Morgan fingerprint density at radius 3 is 2.55 bits per heavy atom. The average Bonchev–Trinajstić information content (AvgIpc) is 2.40. The second-order valence-corrected chi connectivity index (χ2v) is 4.66. The average molecular weight is 340 g/mol. The number of anilines is 1. The minimum Gasteiger partial charge on any atom is -0.434 e. The number of aromatic nitrogens is 2. The molecule has 0 bridgehead atoms. The summed E-state index contributed by atoms with van der Waals surface area (Å²) in [5, 5.41) is 11.1. The summed E-state index contributed by atoms with van der Waals surface area (Å²) >= 11 is 3.29. The number of aryl methyl sites for hydroxylation is 1. The van der Waals surface area contributed by atoms with Gasteiger partial charge in [-0.15, -0.1) is 0 Å². The largest absolute Gasteiger partial charge is 0.434 e. The molecule has 2 aromatic rings. The molecular formula is C11H10BrN5O3. The summed E-state index contributed by atoms with van der Waals surface area (Å²) in [6.45, 7) is 1.48. The highest BCUT2D eigenvalue weighted by molar-refractivity contribution is 9.10. The Morgan fingerprint density at radius 2 is 2.00 bits per heavy atom. The third-order valence-electron chi connectivity index (χ3n) is 2.37. The van der Waals surface area contributed by atoms with E-state index < -0.39 is 4.92 Å². The van der Waals surface area contributed by atoms with Gasteiger partial charge in [-0.25, -0.2) is 10.8 Å². The standard InChI is InChI=1S/C11H10BrN5O3/c1-6-9(17(18)19)10(15-11(14-6)16-13)20-8-4-2-7(12)3-5-8/h2-5H,13H2,1H3,(H,14,15,16). The third-order valence-corrected chi connectivity index (χ3v) is 2.89. The topological polar surface area (TPSA) is 116 Å². The number of nitrogens with one attached hydrogen (secondary N) is 1. The zero-order valence-corrected chi connectivity index (χ0v) is 11.9. The van der Waals surface area contributed by atoms with E-state index in [0.717, 1.165) is 4.47 Å². The monoisotopic (exact) mass is 339 g/mol. The van der Waals surface area contributed by atoms with Crippen molar-refractivity contribution in [2.24, 2.45) is 5.84 Å². The van der Waals surface area contributed by atoms with Crippen LogP contribution in [-0.4, -0.2) is 14.9 Å². The summed E-state index contributed by atoms with van der Waals surface area (Å²) in [6.07, 6.45) is 0. The Balaban J connectivity index is 2.45. The van der Waals surface area contributed by atoms with Gasteiger partial charge in [0.25, 0.3) is 0 Å². The zero-order chi connectivity index (χ0) is 14.7. The first-order chi connectivity index (χ1) is 9.51. The number of benzene rings is 1. The van der Waals surface area contributed by atoms with Crippen molar-refractivity contribution in [3.05, 3.63) is 44.5 Å². The molecule has 0 unspecified atom stereocenters. The molecule has 0 fully saturated rings. The molecule has 2 rings (SSSR count). The lowest BCUT2D eigenvalue weighted by molar-refractivity contribution is -0.386. The number of hydrazine groups is 1. The Kier molecular flexibility index (Phi) is 4.11. The van der Waals surface area contributed by atoms with Crippen molar-refractivity contribution in [1.29, 1.82) is 0 Å². The first-order valence-electron chi connectivity index (χ1n) is 5.44. The number of rotatable bonds is 4. The molecule has 0 radical (unpaired) electrons. The quantitative estimate of drug-likeness (QED) is 0.499. The Bertz CT molecular complexity index is 647. The minimum absolute atomic E-state index is 0.0419. The normalized spacial score (nSPS) is 10.2. The van der Waals surface area contributed by atoms with E-state index in [9.17, 15) is 10.1 Å². The van der Waals surface area contributed by atoms with Crippen LogP contribution >= 0.6 is 15.9 Å². The SMILES string of the molecule is Cc1nc(NN)nc(Oc2ccc(Br)cc2)c1[N+](=O)[O-]. The van der Waals surface area contributed by atoms with Crippen LogP contribution in [0.25, 0.3) is 0 Å². The van der Waals surface area contributed by atoms with E-state index in [0.29, 0.717) is 5.75 Å². The summed E-state index contributed by atoms with van der Waals surface area (Å²) in [5.41, 5.74) is 2.10. The number of nitrogen functional groups attached to an aromatic ring is 1. The number of ether oxygens (including phenoxy) is 1. The molecule has 9 heteroatoms. The smallest absolute Gasteiger partial charge is 0.352 e. The van der Waals surface area contributed by atoms with Crippen LogP contribution in [0.15, 0.2) is 28.7 Å². The van der Waals surface area contributed by atoms with E-state index in [1.165, 1.54) is 6.92 Å². The van der Waals surface area contributed by atoms with E-state index in [2.05, 4.69) is 31.3 Å². The predicted molar refractivity (Wildman–Crippen MR) is 75.4 cm³/mol. The number of halogens is 1. The fraction of sp³-hybridized carbons (Fsp3) is 0.0909. The van der Waals surface area contributed by atoms with Gasteiger partial charge in [0, 0.05) is 4.47 Å². The van der Waals surface area contributed by atoms with Crippen molar-refractivity contribution >= 4 is 27.6 Å². The molecule has 0 amide bonds. The van der Waals surface area contributed by atoms with Crippen molar-refractivity contribution in [2.45, 2.75) is 6.92 Å². The number of hydrogen-bond donors (Lipinski definition) is 2. The molecule has 0 aliphatic heterocycles. The van der Waals surface area contributed by atoms with Gasteiger partial charge in [0.1, 0.15) is 11.4 Å². The minimum atomic E-state index is -0.593. The van der Waals surface area contributed by atoms with Crippen LogP contribution in [0.2, 0.25) is 0 Å². The van der Waals surface area contributed by atoms with Gasteiger partial charge in [-0.1, -0.05) is 15.9 Å². The first kappa shape index (κ1) is 14.2. The van der Waals surface area contributed by atoms with Gasteiger partial charge in [-0.05, 0) is 31.2 Å². The first-order valence-corrected chi connectivity index (χ1v) is 6.23. The van der Waals surface area contributed by atoms with Crippen molar-refractivity contribution in [1.82, 2.24) is 9.97 Å². The van der Waals surface area contributed by atoms with Crippen LogP contribution in [0, 0.1) is 17.0 Å². The van der Waals surface area contributed by atoms with Crippen molar-refractivity contribution in [3.8, 4) is 11.6 Å². The maximum Gasteiger partial charge on any atom is 0.352 e. The summed E-state index contributed by atoms with van der Waals surface area (Å²) in [7, 11) is 0. The Hall–Kier alpha value is -2.26. The van der Waals surface area contributed by atoms with Crippen molar-refractivity contribution in [2.75, 3.05) is 5.43 Å². The molecule has 0 spiro atoms. The van der Waals surface area contributed by atoms with Gasteiger partial charge in [0.2, 0.25) is 5.95 Å². The number of nitrogens with zero attached hydrogens (tertiary/aromatic N) is 3. The number of hydrogen-bond acceptors (Lipinski definition) is 7. The number of nitro groups is 1. The Labute approximate surface area is 122 Å². The third kappa shape index (κ3) is 3.00. The summed E-state index contributed by atoms with van der Waals surface area (Å²) in [6, 6.07) is 6.80. The number of nitrogens with two attached hydrogens (primary N) is 1. The van der Waals surface area contributed by atoms with Crippen molar-refractivity contribution in [3.63, 3.8) is 0 Å². The maximum atomic E-state index is 11.1. The molecule has 0 saturated carbocycles. The summed E-state index contributed by atoms with van der Waals surface area (Å²) < 4.78 is 6.30. The lowest BCUT2D eigenvalue weighted by Gasteiger charge is -2.08. The highest BCUT2D eigenvalue weighted by atomic mass is 79.9.